The SMILES string of the molecule is O=C(C1CCN1C1CCCCC1)N1CCN(c2nc3ncccc3o2)CC1. The number of fused-ring (bicyclic) bond motifs is 1. The van der Waals surface area contributed by atoms with Crippen LogP contribution in [0.5, 0.6) is 0 Å². The topological polar surface area (TPSA) is 65.7 Å². The van der Waals surface area contributed by atoms with Gasteiger partial charge in [-0.2, -0.15) is 4.98 Å². The van der Waals surface area contributed by atoms with Crippen molar-refractivity contribution in [1.82, 2.24) is 19.8 Å². The van der Waals surface area contributed by atoms with E-state index in [-0.39, 0.29) is 6.04 Å². The fourth-order valence-electron chi connectivity index (χ4n) is 4.74. The van der Waals surface area contributed by atoms with Crippen molar-refractivity contribution in [2.45, 2.75) is 50.6 Å². The Labute approximate surface area is 159 Å². The molecule has 1 saturated carbocycles. The van der Waals surface area contributed by atoms with Crippen molar-refractivity contribution in [3.05, 3.63) is 18.3 Å². The zero-order valence-electron chi connectivity index (χ0n) is 15.7. The molecule has 5 rings (SSSR count). The van der Waals surface area contributed by atoms with E-state index in [1.165, 1.54) is 32.1 Å². The number of aromatic nitrogens is 2. The number of carbonyl (C=O) groups is 1. The number of hydrogen-bond donors (Lipinski definition) is 0. The van der Waals surface area contributed by atoms with Crippen LogP contribution in [0.15, 0.2) is 22.7 Å². The van der Waals surface area contributed by atoms with Crippen molar-refractivity contribution in [3.8, 4) is 0 Å². The molecule has 27 heavy (non-hydrogen) atoms. The fourth-order valence-corrected chi connectivity index (χ4v) is 4.74. The molecule has 1 aliphatic carbocycles. The number of carbonyl (C=O) groups excluding carboxylic acids is 1. The van der Waals surface area contributed by atoms with Crippen LogP contribution in [0.3, 0.4) is 0 Å². The minimum atomic E-state index is 0.119. The van der Waals surface area contributed by atoms with Gasteiger partial charge in [-0.25, -0.2) is 4.98 Å². The van der Waals surface area contributed by atoms with Gasteiger partial charge in [-0.1, -0.05) is 19.3 Å². The van der Waals surface area contributed by atoms with Gasteiger partial charge in [0.25, 0.3) is 6.01 Å². The Morgan fingerprint density at radius 2 is 1.85 bits per heavy atom. The summed E-state index contributed by atoms with van der Waals surface area (Å²) in [6.45, 7) is 4.08. The van der Waals surface area contributed by atoms with Gasteiger partial charge in [0.15, 0.2) is 5.58 Å². The van der Waals surface area contributed by atoms with Crippen LogP contribution in [0.2, 0.25) is 0 Å². The lowest BCUT2D eigenvalue weighted by Gasteiger charge is -2.48. The van der Waals surface area contributed by atoms with Gasteiger partial charge >= 0.3 is 0 Å². The van der Waals surface area contributed by atoms with Crippen LogP contribution in [0.4, 0.5) is 6.01 Å². The van der Waals surface area contributed by atoms with Crippen molar-refractivity contribution in [2.24, 2.45) is 0 Å². The number of nitrogens with zero attached hydrogens (tertiary/aromatic N) is 5. The molecule has 144 valence electrons. The molecule has 2 aromatic rings. The van der Waals surface area contributed by atoms with Crippen LogP contribution < -0.4 is 4.90 Å². The molecule has 4 heterocycles. The molecule has 0 bridgehead atoms. The largest absolute Gasteiger partial charge is 0.422 e. The Bertz CT molecular complexity index is 775. The molecule has 0 aromatic carbocycles. The van der Waals surface area contributed by atoms with Crippen LogP contribution in [0, 0.1) is 0 Å². The summed E-state index contributed by atoms with van der Waals surface area (Å²) in [6, 6.07) is 5.10. The third-order valence-electron chi connectivity index (χ3n) is 6.41. The van der Waals surface area contributed by atoms with Crippen LogP contribution in [0.1, 0.15) is 38.5 Å². The maximum Gasteiger partial charge on any atom is 0.300 e. The minimum absolute atomic E-state index is 0.119. The lowest BCUT2D eigenvalue weighted by molar-refractivity contribution is -0.144. The second kappa shape index (κ2) is 7.11. The summed E-state index contributed by atoms with van der Waals surface area (Å²) in [5.41, 5.74) is 1.35. The molecular weight excluding hydrogens is 342 g/mol. The molecule has 7 heteroatoms. The highest BCUT2D eigenvalue weighted by Crippen LogP contribution is 2.31. The predicted octanol–water partition coefficient (Wildman–Crippen LogP) is 2.28. The van der Waals surface area contributed by atoms with Gasteiger partial charge in [0.1, 0.15) is 0 Å². The third-order valence-corrected chi connectivity index (χ3v) is 6.41. The summed E-state index contributed by atoms with van der Waals surface area (Å²) in [5.74, 6) is 0.325. The van der Waals surface area contributed by atoms with E-state index < -0.39 is 0 Å². The Hall–Kier alpha value is -2.15. The molecule has 1 unspecified atom stereocenters. The number of pyridine rings is 1. The van der Waals surface area contributed by atoms with Gasteiger partial charge in [0.2, 0.25) is 11.6 Å². The van der Waals surface area contributed by atoms with Gasteiger partial charge in [-0.15, -0.1) is 0 Å². The zero-order valence-corrected chi connectivity index (χ0v) is 15.7. The number of hydrogen-bond acceptors (Lipinski definition) is 6. The first-order chi connectivity index (χ1) is 13.3. The summed E-state index contributed by atoms with van der Waals surface area (Å²) in [7, 11) is 0. The van der Waals surface area contributed by atoms with Crippen molar-refractivity contribution in [2.75, 3.05) is 37.6 Å². The van der Waals surface area contributed by atoms with Crippen LogP contribution >= 0.6 is 0 Å². The molecular formula is C20H27N5O2. The highest BCUT2D eigenvalue weighted by Gasteiger charge is 2.41. The number of rotatable bonds is 3. The van der Waals surface area contributed by atoms with Crippen molar-refractivity contribution >= 4 is 23.2 Å². The Morgan fingerprint density at radius 3 is 2.56 bits per heavy atom. The summed E-state index contributed by atoms with van der Waals surface area (Å²) in [5, 5.41) is 0. The van der Waals surface area contributed by atoms with E-state index in [0.29, 0.717) is 29.2 Å². The maximum absolute atomic E-state index is 13.0. The second-order valence-corrected chi connectivity index (χ2v) is 7.97. The van der Waals surface area contributed by atoms with E-state index >= 15 is 0 Å². The first kappa shape index (κ1) is 17.0. The van der Waals surface area contributed by atoms with E-state index in [9.17, 15) is 4.79 Å². The number of piperazine rings is 1. The van der Waals surface area contributed by atoms with Crippen molar-refractivity contribution in [1.29, 1.82) is 0 Å². The molecule has 0 spiro atoms. The lowest BCUT2D eigenvalue weighted by atomic mass is 9.88. The van der Waals surface area contributed by atoms with Crippen LogP contribution in [0.25, 0.3) is 11.2 Å². The van der Waals surface area contributed by atoms with Gasteiger partial charge in [0.05, 0.1) is 6.04 Å². The highest BCUT2D eigenvalue weighted by atomic mass is 16.4. The lowest BCUT2D eigenvalue weighted by Crippen LogP contribution is -2.62. The van der Waals surface area contributed by atoms with E-state index in [2.05, 4.69) is 19.8 Å². The molecule has 0 radical (unpaired) electrons. The van der Waals surface area contributed by atoms with Crippen molar-refractivity contribution in [3.63, 3.8) is 0 Å². The molecule has 1 amide bonds. The fraction of sp³-hybridized carbons (Fsp3) is 0.650. The summed E-state index contributed by atoms with van der Waals surface area (Å²) in [4.78, 5) is 28.4. The van der Waals surface area contributed by atoms with Gasteiger partial charge in [-0.3, -0.25) is 9.69 Å². The standard InChI is InChI=1S/C20H27N5O2/c26-19(16-8-10-25(16)15-5-2-1-3-6-15)23-11-13-24(14-12-23)20-22-18-17(27-20)7-4-9-21-18/h4,7,9,15-16H,1-3,5-6,8,10-14H2. The molecule has 2 aromatic heterocycles. The number of oxazole rings is 1. The first-order valence-electron chi connectivity index (χ1n) is 10.3. The number of amides is 1. The van der Waals surface area contributed by atoms with E-state index in [1.807, 2.05) is 17.0 Å². The van der Waals surface area contributed by atoms with Crippen molar-refractivity contribution < 1.29 is 9.21 Å². The Balaban J connectivity index is 1.19. The minimum Gasteiger partial charge on any atom is -0.422 e. The average Bonchev–Trinajstić information content (AvgIpc) is 3.12. The third kappa shape index (κ3) is 3.18. The Kier molecular flexibility index (Phi) is 4.47. The molecule has 0 N–H and O–H groups in total. The van der Waals surface area contributed by atoms with E-state index in [4.69, 9.17) is 4.42 Å². The summed E-state index contributed by atoms with van der Waals surface area (Å²) in [6.07, 6.45) is 9.28. The zero-order chi connectivity index (χ0) is 18.2. The second-order valence-electron chi connectivity index (χ2n) is 7.97. The number of likely N-dealkylation sites (tertiary alicyclic amines) is 1. The normalized spacial score (nSPS) is 25.0. The van der Waals surface area contributed by atoms with E-state index in [0.717, 1.165) is 39.1 Å². The molecule has 3 aliphatic rings. The smallest absolute Gasteiger partial charge is 0.300 e. The molecule has 3 fully saturated rings. The van der Waals surface area contributed by atoms with Crippen LogP contribution in [-0.2, 0) is 4.79 Å². The van der Waals surface area contributed by atoms with Gasteiger partial charge in [-0.05, 0) is 31.4 Å². The van der Waals surface area contributed by atoms with Gasteiger partial charge < -0.3 is 14.2 Å². The van der Waals surface area contributed by atoms with Gasteiger partial charge in [0, 0.05) is 45.0 Å². The highest BCUT2D eigenvalue weighted by molar-refractivity contribution is 5.83. The van der Waals surface area contributed by atoms with Crippen LogP contribution in [-0.4, -0.2) is 70.5 Å². The average molecular weight is 369 g/mol. The summed E-state index contributed by atoms with van der Waals surface area (Å²) < 4.78 is 5.82. The quantitative estimate of drug-likeness (QED) is 0.827. The Morgan fingerprint density at radius 1 is 1.04 bits per heavy atom. The summed E-state index contributed by atoms with van der Waals surface area (Å²) >= 11 is 0. The molecule has 2 saturated heterocycles. The molecule has 2 aliphatic heterocycles. The predicted molar refractivity (Wildman–Crippen MR) is 103 cm³/mol. The molecule has 7 nitrogen and oxygen atoms in total. The first-order valence-corrected chi connectivity index (χ1v) is 10.3. The maximum atomic E-state index is 13.0. The van der Waals surface area contributed by atoms with E-state index in [1.54, 1.807) is 6.20 Å². The molecule has 1 atom stereocenters. The monoisotopic (exact) mass is 369 g/mol. The number of anilines is 1.